The van der Waals surface area contributed by atoms with Gasteiger partial charge in [-0.15, -0.1) is 0 Å². The summed E-state index contributed by atoms with van der Waals surface area (Å²) in [6.45, 7) is 7.83. The molecule has 1 aromatic heterocycles. The van der Waals surface area contributed by atoms with Gasteiger partial charge < -0.3 is 5.32 Å². The molecule has 0 bridgehead atoms. The fourth-order valence-corrected chi connectivity index (χ4v) is 3.98. The number of hydrogen-bond acceptors (Lipinski definition) is 2. The quantitative estimate of drug-likeness (QED) is 0.827. The minimum absolute atomic E-state index is 0.702. The lowest BCUT2D eigenvalue weighted by Gasteiger charge is -2.37. The van der Waals surface area contributed by atoms with E-state index in [2.05, 4.69) is 49.0 Å². The van der Waals surface area contributed by atoms with Gasteiger partial charge in [0.15, 0.2) is 0 Å². The van der Waals surface area contributed by atoms with E-state index in [-0.39, 0.29) is 0 Å². The van der Waals surface area contributed by atoms with Crippen molar-refractivity contribution in [1.29, 1.82) is 0 Å². The molecule has 0 aromatic carbocycles. The average Bonchev–Trinajstić information content (AvgIpc) is 2.76. The predicted molar refractivity (Wildman–Crippen MR) is 89.5 cm³/mol. The Labute approximate surface area is 130 Å². The normalized spacial score (nSPS) is 26.2. The summed E-state index contributed by atoms with van der Waals surface area (Å²) in [6.07, 6.45) is 9.30. The Morgan fingerprint density at radius 1 is 1.29 bits per heavy atom. The molecule has 1 aromatic rings. The maximum atomic E-state index is 4.52. The highest BCUT2D eigenvalue weighted by Gasteiger charge is 2.30. The standard InChI is InChI=1S/C18H33N3/c1-5-7-15-8-9-18(19-10-6-2)16(12-15)13-17-11-14(3)20-21(17)4/h11,15-16,18-19H,5-10,12-13H2,1-4H3. The molecule has 21 heavy (non-hydrogen) atoms. The zero-order valence-corrected chi connectivity index (χ0v) is 14.4. The van der Waals surface area contributed by atoms with Crippen LogP contribution in [0.2, 0.25) is 0 Å². The van der Waals surface area contributed by atoms with E-state index < -0.39 is 0 Å². The van der Waals surface area contributed by atoms with E-state index in [1.54, 1.807) is 0 Å². The number of aryl methyl sites for hydroxylation is 2. The lowest BCUT2D eigenvalue weighted by Crippen LogP contribution is -2.42. The van der Waals surface area contributed by atoms with Crippen molar-refractivity contribution in [2.75, 3.05) is 6.54 Å². The van der Waals surface area contributed by atoms with Crippen molar-refractivity contribution in [3.63, 3.8) is 0 Å². The second-order valence-corrected chi connectivity index (χ2v) is 6.89. The van der Waals surface area contributed by atoms with Gasteiger partial charge in [0.05, 0.1) is 5.69 Å². The van der Waals surface area contributed by atoms with Crippen LogP contribution in [-0.4, -0.2) is 22.4 Å². The topological polar surface area (TPSA) is 29.9 Å². The summed E-state index contributed by atoms with van der Waals surface area (Å²) in [7, 11) is 2.09. The number of nitrogens with zero attached hydrogens (tertiary/aromatic N) is 2. The van der Waals surface area contributed by atoms with E-state index in [4.69, 9.17) is 0 Å². The summed E-state index contributed by atoms with van der Waals surface area (Å²) in [5.41, 5.74) is 2.55. The first-order valence-corrected chi connectivity index (χ1v) is 8.86. The molecule has 3 unspecified atom stereocenters. The highest BCUT2D eigenvalue weighted by molar-refractivity contribution is 5.10. The molecule has 3 heteroatoms. The van der Waals surface area contributed by atoms with Gasteiger partial charge in [-0.05, 0) is 63.5 Å². The van der Waals surface area contributed by atoms with Crippen LogP contribution in [0.5, 0.6) is 0 Å². The van der Waals surface area contributed by atoms with Crippen molar-refractivity contribution >= 4 is 0 Å². The maximum Gasteiger partial charge on any atom is 0.0596 e. The predicted octanol–water partition coefficient (Wildman–Crippen LogP) is 3.86. The Hall–Kier alpha value is -0.830. The van der Waals surface area contributed by atoms with Crippen LogP contribution in [0.15, 0.2) is 6.07 Å². The Morgan fingerprint density at radius 3 is 2.71 bits per heavy atom. The number of aromatic nitrogens is 2. The van der Waals surface area contributed by atoms with Crippen molar-refractivity contribution in [2.24, 2.45) is 18.9 Å². The average molecular weight is 291 g/mol. The van der Waals surface area contributed by atoms with E-state index in [0.717, 1.165) is 24.1 Å². The van der Waals surface area contributed by atoms with Crippen LogP contribution >= 0.6 is 0 Å². The van der Waals surface area contributed by atoms with Crippen LogP contribution < -0.4 is 5.32 Å². The summed E-state index contributed by atoms with van der Waals surface area (Å²) in [5.74, 6) is 1.71. The fourth-order valence-electron chi connectivity index (χ4n) is 3.98. The molecule has 0 aliphatic heterocycles. The molecule has 0 saturated heterocycles. The third-order valence-electron chi connectivity index (χ3n) is 5.01. The summed E-state index contributed by atoms with van der Waals surface area (Å²) in [4.78, 5) is 0. The molecule has 2 rings (SSSR count). The molecule has 0 spiro atoms. The second kappa shape index (κ2) is 7.98. The molecule has 1 saturated carbocycles. The summed E-state index contributed by atoms with van der Waals surface area (Å²) in [6, 6.07) is 2.97. The molecule has 1 heterocycles. The van der Waals surface area contributed by atoms with Crippen LogP contribution in [0, 0.1) is 18.8 Å². The smallest absolute Gasteiger partial charge is 0.0596 e. The van der Waals surface area contributed by atoms with Crippen LogP contribution in [0.4, 0.5) is 0 Å². The fraction of sp³-hybridized carbons (Fsp3) is 0.833. The molecule has 1 N–H and O–H groups in total. The minimum Gasteiger partial charge on any atom is -0.314 e. The Morgan fingerprint density at radius 2 is 2.10 bits per heavy atom. The summed E-state index contributed by atoms with van der Waals surface area (Å²) >= 11 is 0. The third kappa shape index (κ3) is 4.57. The van der Waals surface area contributed by atoms with Crippen molar-refractivity contribution in [1.82, 2.24) is 15.1 Å². The Bertz CT molecular complexity index is 424. The van der Waals surface area contributed by atoms with Crippen molar-refractivity contribution in [2.45, 2.75) is 71.8 Å². The highest BCUT2D eigenvalue weighted by Crippen LogP contribution is 2.34. The first kappa shape index (κ1) is 16.5. The molecule has 0 amide bonds. The van der Waals surface area contributed by atoms with Gasteiger partial charge in [-0.2, -0.15) is 5.10 Å². The van der Waals surface area contributed by atoms with Crippen LogP contribution in [-0.2, 0) is 13.5 Å². The molecule has 120 valence electrons. The highest BCUT2D eigenvalue weighted by atomic mass is 15.3. The van der Waals surface area contributed by atoms with E-state index in [1.807, 2.05) is 0 Å². The van der Waals surface area contributed by atoms with E-state index >= 15 is 0 Å². The number of hydrogen-bond donors (Lipinski definition) is 1. The largest absolute Gasteiger partial charge is 0.314 e. The van der Waals surface area contributed by atoms with Gasteiger partial charge >= 0.3 is 0 Å². The molecule has 1 aliphatic rings. The van der Waals surface area contributed by atoms with Gasteiger partial charge in [0, 0.05) is 18.8 Å². The number of rotatable bonds is 7. The zero-order valence-electron chi connectivity index (χ0n) is 14.4. The zero-order chi connectivity index (χ0) is 15.2. The van der Waals surface area contributed by atoms with Crippen LogP contribution in [0.1, 0.15) is 63.8 Å². The lowest BCUT2D eigenvalue weighted by atomic mass is 9.74. The van der Waals surface area contributed by atoms with Crippen LogP contribution in [0.25, 0.3) is 0 Å². The van der Waals surface area contributed by atoms with Gasteiger partial charge in [0.25, 0.3) is 0 Å². The first-order valence-electron chi connectivity index (χ1n) is 8.86. The second-order valence-electron chi connectivity index (χ2n) is 6.89. The first-order chi connectivity index (χ1) is 10.1. The SMILES string of the molecule is CCCNC1CCC(CCC)CC1Cc1cc(C)nn1C. The van der Waals surface area contributed by atoms with Gasteiger partial charge in [-0.1, -0.05) is 26.7 Å². The molecular formula is C18H33N3. The van der Waals surface area contributed by atoms with Gasteiger partial charge in [0.2, 0.25) is 0 Å². The summed E-state index contributed by atoms with van der Waals surface area (Å²) in [5, 5.41) is 8.32. The Balaban J connectivity index is 2.03. The monoisotopic (exact) mass is 291 g/mol. The van der Waals surface area contributed by atoms with Crippen molar-refractivity contribution in [3.8, 4) is 0 Å². The maximum absolute atomic E-state index is 4.52. The van der Waals surface area contributed by atoms with Gasteiger partial charge in [-0.3, -0.25) is 4.68 Å². The summed E-state index contributed by atoms with van der Waals surface area (Å²) < 4.78 is 2.08. The van der Waals surface area contributed by atoms with Gasteiger partial charge in [0.1, 0.15) is 0 Å². The van der Waals surface area contributed by atoms with E-state index in [0.29, 0.717) is 6.04 Å². The minimum atomic E-state index is 0.702. The Kier molecular flexibility index (Phi) is 6.28. The molecular weight excluding hydrogens is 258 g/mol. The molecule has 3 nitrogen and oxygen atoms in total. The van der Waals surface area contributed by atoms with Gasteiger partial charge in [-0.25, -0.2) is 0 Å². The van der Waals surface area contributed by atoms with Crippen molar-refractivity contribution < 1.29 is 0 Å². The number of nitrogens with one attached hydrogen (secondary N) is 1. The van der Waals surface area contributed by atoms with E-state index in [9.17, 15) is 0 Å². The van der Waals surface area contributed by atoms with Crippen LogP contribution in [0.3, 0.4) is 0 Å². The molecule has 3 atom stereocenters. The van der Waals surface area contributed by atoms with E-state index in [1.165, 1.54) is 50.6 Å². The molecule has 0 radical (unpaired) electrons. The molecule has 1 fully saturated rings. The molecule has 1 aliphatic carbocycles. The van der Waals surface area contributed by atoms with Crippen molar-refractivity contribution in [3.05, 3.63) is 17.5 Å². The third-order valence-corrected chi connectivity index (χ3v) is 5.01. The lowest BCUT2D eigenvalue weighted by molar-refractivity contribution is 0.192.